The van der Waals surface area contributed by atoms with E-state index in [0.717, 1.165) is 5.75 Å². The minimum atomic E-state index is -0.119. The number of carbonyl (C=O) groups excluding carboxylic acids is 1. The van der Waals surface area contributed by atoms with Gasteiger partial charge in [-0.2, -0.15) is 4.98 Å². The fourth-order valence-corrected chi connectivity index (χ4v) is 2.50. The van der Waals surface area contributed by atoms with E-state index in [4.69, 9.17) is 4.74 Å². The summed E-state index contributed by atoms with van der Waals surface area (Å²) in [6, 6.07) is 8.49. The third-order valence-electron chi connectivity index (χ3n) is 2.58. The highest BCUT2D eigenvalue weighted by Gasteiger charge is 2.08. The predicted octanol–water partition coefficient (Wildman–Crippen LogP) is 2.38. The van der Waals surface area contributed by atoms with Crippen molar-refractivity contribution >= 4 is 23.6 Å². The normalized spacial score (nSPS) is 10.4. The second-order valence-electron chi connectivity index (χ2n) is 4.43. The van der Waals surface area contributed by atoms with Crippen molar-refractivity contribution in [3.8, 4) is 6.01 Å². The third kappa shape index (κ3) is 5.11. The summed E-state index contributed by atoms with van der Waals surface area (Å²) >= 11 is 1.55. The van der Waals surface area contributed by atoms with Crippen LogP contribution in [0, 0.1) is 6.92 Å². The van der Waals surface area contributed by atoms with Crippen molar-refractivity contribution in [2.75, 3.05) is 17.7 Å². The molecule has 2 rings (SSSR count). The zero-order chi connectivity index (χ0) is 15.1. The molecule has 1 aromatic carbocycles. The summed E-state index contributed by atoms with van der Waals surface area (Å²) in [6.07, 6.45) is 0. The molecule has 0 fully saturated rings. The Labute approximate surface area is 127 Å². The standard InChI is InChI=1S/C14H18N4O2S/c1-3-20-14-16-13(17-18-14)15-12(19)9-21-8-11-6-4-5-10(2)7-11/h4-7H,3,8-9H2,1-2H3,(H2,15,16,17,18,19). The van der Waals surface area contributed by atoms with Crippen molar-refractivity contribution in [1.82, 2.24) is 15.2 Å². The molecule has 0 spiro atoms. The number of rotatable bonds is 7. The topological polar surface area (TPSA) is 79.9 Å². The van der Waals surface area contributed by atoms with Crippen LogP contribution in [0.5, 0.6) is 6.01 Å². The molecule has 0 radical (unpaired) electrons. The second kappa shape index (κ2) is 7.68. The van der Waals surface area contributed by atoms with Gasteiger partial charge in [-0.25, -0.2) is 5.10 Å². The van der Waals surface area contributed by atoms with Gasteiger partial charge in [0.15, 0.2) is 0 Å². The quantitative estimate of drug-likeness (QED) is 0.821. The lowest BCUT2D eigenvalue weighted by Gasteiger charge is -2.03. The first-order valence-electron chi connectivity index (χ1n) is 6.65. The van der Waals surface area contributed by atoms with Gasteiger partial charge in [-0.05, 0) is 19.4 Å². The molecular weight excluding hydrogens is 288 g/mol. The molecule has 1 aromatic heterocycles. The molecule has 0 unspecified atom stereocenters. The maximum Gasteiger partial charge on any atom is 0.337 e. The molecule has 0 atom stereocenters. The van der Waals surface area contributed by atoms with Crippen LogP contribution in [0.25, 0.3) is 0 Å². The van der Waals surface area contributed by atoms with Crippen LogP contribution in [-0.4, -0.2) is 33.4 Å². The summed E-state index contributed by atoms with van der Waals surface area (Å²) in [5, 5.41) is 9.08. The number of H-pyrrole nitrogens is 1. The fraction of sp³-hybridized carbons (Fsp3) is 0.357. The number of nitrogens with zero attached hydrogens (tertiary/aromatic N) is 2. The first kappa shape index (κ1) is 15.4. The Kier molecular flexibility index (Phi) is 5.62. The number of thioether (sulfide) groups is 1. The van der Waals surface area contributed by atoms with Crippen molar-refractivity contribution in [2.24, 2.45) is 0 Å². The van der Waals surface area contributed by atoms with Gasteiger partial charge in [0.05, 0.1) is 12.4 Å². The number of anilines is 1. The van der Waals surface area contributed by atoms with Gasteiger partial charge in [0.1, 0.15) is 0 Å². The predicted molar refractivity (Wildman–Crippen MR) is 83.5 cm³/mol. The summed E-state index contributed by atoms with van der Waals surface area (Å²) in [5.41, 5.74) is 2.44. The zero-order valence-corrected chi connectivity index (χ0v) is 12.9. The monoisotopic (exact) mass is 306 g/mol. The number of ether oxygens (including phenoxy) is 1. The molecule has 6 nitrogen and oxygen atoms in total. The number of hydrogen-bond donors (Lipinski definition) is 2. The second-order valence-corrected chi connectivity index (χ2v) is 5.42. The lowest BCUT2D eigenvalue weighted by atomic mass is 10.2. The van der Waals surface area contributed by atoms with Gasteiger partial charge in [0.2, 0.25) is 11.9 Å². The zero-order valence-electron chi connectivity index (χ0n) is 12.0. The van der Waals surface area contributed by atoms with Gasteiger partial charge < -0.3 is 4.74 Å². The van der Waals surface area contributed by atoms with Crippen molar-refractivity contribution in [3.05, 3.63) is 35.4 Å². The van der Waals surface area contributed by atoms with E-state index in [1.165, 1.54) is 11.1 Å². The van der Waals surface area contributed by atoms with Crippen LogP contribution in [0.3, 0.4) is 0 Å². The van der Waals surface area contributed by atoms with Crippen LogP contribution >= 0.6 is 11.8 Å². The van der Waals surface area contributed by atoms with Crippen molar-refractivity contribution in [2.45, 2.75) is 19.6 Å². The van der Waals surface area contributed by atoms with Crippen LogP contribution in [0.15, 0.2) is 24.3 Å². The number of aryl methyl sites for hydroxylation is 1. The smallest absolute Gasteiger partial charge is 0.337 e. The minimum absolute atomic E-state index is 0.119. The molecule has 0 aliphatic carbocycles. The van der Waals surface area contributed by atoms with Crippen LogP contribution in [0.2, 0.25) is 0 Å². The lowest BCUT2D eigenvalue weighted by molar-refractivity contribution is -0.113. The minimum Gasteiger partial charge on any atom is -0.463 e. The molecule has 0 bridgehead atoms. The Morgan fingerprint density at radius 2 is 2.33 bits per heavy atom. The Hall–Kier alpha value is -2.02. The fourth-order valence-electron chi connectivity index (χ4n) is 1.73. The Balaban J connectivity index is 1.74. The van der Waals surface area contributed by atoms with E-state index >= 15 is 0 Å². The van der Waals surface area contributed by atoms with E-state index in [1.807, 2.05) is 13.0 Å². The van der Waals surface area contributed by atoms with Gasteiger partial charge in [-0.1, -0.05) is 29.8 Å². The largest absolute Gasteiger partial charge is 0.463 e. The number of amides is 1. The molecule has 112 valence electrons. The molecule has 1 amide bonds. The van der Waals surface area contributed by atoms with E-state index in [-0.39, 0.29) is 11.9 Å². The van der Waals surface area contributed by atoms with Gasteiger partial charge in [0, 0.05) is 5.75 Å². The van der Waals surface area contributed by atoms with E-state index in [9.17, 15) is 4.79 Å². The number of benzene rings is 1. The van der Waals surface area contributed by atoms with Crippen LogP contribution in [0.4, 0.5) is 5.95 Å². The molecule has 0 aliphatic rings. The average molecular weight is 306 g/mol. The van der Waals surface area contributed by atoms with Crippen LogP contribution < -0.4 is 10.1 Å². The summed E-state index contributed by atoms with van der Waals surface area (Å²) in [7, 11) is 0. The van der Waals surface area contributed by atoms with Gasteiger partial charge >= 0.3 is 6.01 Å². The molecule has 2 N–H and O–H groups in total. The third-order valence-corrected chi connectivity index (χ3v) is 3.58. The first-order chi connectivity index (χ1) is 10.2. The van der Waals surface area contributed by atoms with Crippen LogP contribution in [0.1, 0.15) is 18.1 Å². The van der Waals surface area contributed by atoms with E-state index in [0.29, 0.717) is 18.3 Å². The number of carbonyl (C=O) groups is 1. The molecule has 2 aromatic rings. The molecule has 7 heteroatoms. The summed E-state index contributed by atoms with van der Waals surface area (Å²) < 4.78 is 5.11. The highest BCUT2D eigenvalue weighted by molar-refractivity contribution is 7.99. The van der Waals surface area contributed by atoms with Gasteiger partial charge in [-0.15, -0.1) is 16.9 Å². The van der Waals surface area contributed by atoms with Crippen molar-refractivity contribution in [3.63, 3.8) is 0 Å². The molecule has 21 heavy (non-hydrogen) atoms. The highest BCUT2D eigenvalue weighted by Crippen LogP contribution is 2.14. The lowest BCUT2D eigenvalue weighted by Crippen LogP contribution is -2.15. The number of nitrogens with one attached hydrogen (secondary N) is 2. The van der Waals surface area contributed by atoms with Gasteiger partial charge in [-0.3, -0.25) is 10.1 Å². The number of aromatic nitrogens is 3. The Morgan fingerprint density at radius 1 is 1.48 bits per heavy atom. The molecule has 0 saturated carbocycles. The first-order valence-corrected chi connectivity index (χ1v) is 7.81. The van der Waals surface area contributed by atoms with E-state index in [1.54, 1.807) is 11.8 Å². The van der Waals surface area contributed by atoms with Crippen molar-refractivity contribution < 1.29 is 9.53 Å². The number of aromatic amines is 1. The summed E-state index contributed by atoms with van der Waals surface area (Å²) in [5.74, 6) is 1.35. The molecule has 1 heterocycles. The van der Waals surface area contributed by atoms with Gasteiger partial charge in [0.25, 0.3) is 0 Å². The highest BCUT2D eigenvalue weighted by atomic mass is 32.2. The summed E-state index contributed by atoms with van der Waals surface area (Å²) in [6.45, 7) is 4.38. The maximum atomic E-state index is 11.8. The molecular formula is C14H18N4O2S. The SMILES string of the molecule is CCOc1n[nH]c(NC(=O)CSCc2cccc(C)c2)n1. The van der Waals surface area contributed by atoms with E-state index < -0.39 is 0 Å². The van der Waals surface area contributed by atoms with Crippen molar-refractivity contribution in [1.29, 1.82) is 0 Å². The molecule has 0 saturated heterocycles. The Morgan fingerprint density at radius 3 is 3.10 bits per heavy atom. The van der Waals surface area contributed by atoms with E-state index in [2.05, 4.69) is 45.6 Å². The van der Waals surface area contributed by atoms with Crippen LogP contribution in [-0.2, 0) is 10.5 Å². The maximum absolute atomic E-state index is 11.8. The summed E-state index contributed by atoms with van der Waals surface area (Å²) in [4.78, 5) is 15.8. The average Bonchev–Trinajstić information content (AvgIpc) is 2.86. The number of hydrogen-bond acceptors (Lipinski definition) is 5. The molecule has 0 aliphatic heterocycles. The Bertz CT molecular complexity index is 600.